The lowest BCUT2D eigenvalue weighted by Crippen LogP contribution is -2.10. The van der Waals surface area contributed by atoms with Crippen molar-refractivity contribution in [1.29, 1.82) is 0 Å². The molecule has 0 saturated heterocycles. The highest BCUT2D eigenvalue weighted by Gasteiger charge is 2.20. The summed E-state index contributed by atoms with van der Waals surface area (Å²) >= 11 is 7.70. The Labute approximate surface area is 237 Å². The number of benzene rings is 3. The van der Waals surface area contributed by atoms with E-state index in [1.54, 1.807) is 32.1 Å². The molecule has 0 unspecified atom stereocenters. The SMILES string of the molecule is CC(C)(C)O.Cc1cc(C)n(-c2cccc(-c3nc4cc(C)c(CC(=O)O)c(-c5ccc(Cl)cc5)c4s3)c2)n1. The number of aliphatic hydroxyl groups is 1. The van der Waals surface area contributed by atoms with Crippen LogP contribution < -0.4 is 0 Å². The molecular formula is C31H32ClN3O3S. The molecule has 0 aliphatic rings. The number of aliphatic carboxylic acids is 1. The Bertz CT molecular complexity index is 1640. The predicted molar refractivity (Wildman–Crippen MR) is 160 cm³/mol. The van der Waals surface area contributed by atoms with Crippen LogP contribution in [0.25, 0.3) is 37.6 Å². The maximum Gasteiger partial charge on any atom is 0.307 e. The summed E-state index contributed by atoms with van der Waals surface area (Å²) in [6.07, 6.45) is -0.0552. The first kappa shape index (κ1) is 28.5. The molecule has 5 rings (SSSR count). The first-order valence-corrected chi connectivity index (χ1v) is 13.8. The third-order valence-corrected chi connectivity index (χ3v) is 7.21. The van der Waals surface area contributed by atoms with Gasteiger partial charge in [0, 0.05) is 21.8 Å². The zero-order chi connectivity index (χ0) is 28.5. The summed E-state index contributed by atoms with van der Waals surface area (Å²) in [5, 5.41) is 24.2. The summed E-state index contributed by atoms with van der Waals surface area (Å²) < 4.78 is 2.90. The van der Waals surface area contributed by atoms with Gasteiger partial charge in [-0.25, -0.2) is 9.67 Å². The Hall–Kier alpha value is -3.52. The van der Waals surface area contributed by atoms with E-state index in [0.717, 1.165) is 60.1 Å². The molecule has 0 bridgehead atoms. The number of hydrogen-bond acceptors (Lipinski definition) is 5. The Kier molecular flexibility index (Phi) is 8.25. The number of rotatable bonds is 5. The van der Waals surface area contributed by atoms with Crippen LogP contribution in [0.1, 0.15) is 43.3 Å². The van der Waals surface area contributed by atoms with Crippen LogP contribution in [0.5, 0.6) is 0 Å². The van der Waals surface area contributed by atoms with Gasteiger partial charge in [-0.2, -0.15) is 5.10 Å². The molecule has 0 saturated carbocycles. The Balaban J connectivity index is 0.000000648. The molecule has 0 fully saturated rings. The van der Waals surface area contributed by atoms with Crippen molar-refractivity contribution in [3.8, 4) is 27.4 Å². The summed E-state index contributed by atoms with van der Waals surface area (Å²) in [6, 6.07) is 19.7. The van der Waals surface area contributed by atoms with E-state index in [1.807, 2.05) is 74.0 Å². The second-order valence-electron chi connectivity index (χ2n) is 10.6. The monoisotopic (exact) mass is 561 g/mol. The summed E-state index contributed by atoms with van der Waals surface area (Å²) in [7, 11) is 0. The van der Waals surface area contributed by atoms with Crippen molar-refractivity contribution in [2.45, 2.75) is 53.6 Å². The molecule has 6 nitrogen and oxygen atoms in total. The zero-order valence-corrected chi connectivity index (χ0v) is 24.5. The molecule has 2 heterocycles. The molecule has 0 spiro atoms. The molecule has 0 radical (unpaired) electrons. The molecule has 0 aliphatic heterocycles. The number of halogens is 1. The van der Waals surface area contributed by atoms with Gasteiger partial charge in [-0.1, -0.05) is 35.9 Å². The van der Waals surface area contributed by atoms with Gasteiger partial charge in [0.2, 0.25) is 0 Å². The number of nitrogens with zero attached hydrogens (tertiary/aromatic N) is 3. The lowest BCUT2D eigenvalue weighted by molar-refractivity contribution is -0.136. The molecule has 2 N–H and O–H groups in total. The zero-order valence-electron chi connectivity index (χ0n) is 22.9. The van der Waals surface area contributed by atoms with Gasteiger partial charge in [-0.15, -0.1) is 11.3 Å². The van der Waals surface area contributed by atoms with Gasteiger partial charge < -0.3 is 10.2 Å². The average Bonchev–Trinajstić information content (AvgIpc) is 3.41. The minimum absolute atomic E-state index is 0.0552. The molecule has 3 aromatic carbocycles. The number of hydrogen-bond donors (Lipinski definition) is 2. The summed E-state index contributed by atoms with van der Waals surface area (Å²) in [5.41, 5.74) is 7.91. The Morgan fingerprint density at radius 1 is 1.00 bits per heavy atom. The first-order valence-electron chi connectivity index (χ1n) is 12.6. The molecule has 202 valence electrons. The van der Waals surface area contributed by atoms with E-state index in [-0.39, 0.29) is 6.42 Å². The van der Waals surface area contributed by atoms with E-state index in [4.69, 9.17) is 21.7 Å². The maximum absolute atomic E-state index is 11.7. The lowest BCUT2D eigenvalue weighted by atomic mass is 9.93. The number of thiazole rings is 1. The fraction of sp³-hybridized carbons (Fsp3) is 0.258. The topological polar surface area (TPSA) is 88.2 Å². The minimum atomic E-state index is -0.861. The minimum Gasteiger partial charge on any atom is -0.481 e. The highest BCUT2D eigenvalue weighted by molar-refractivity contribution is 7.22. The van der Waals surface area contributed by atoms with Crippen LogP contribution in [0.15, 0.2) is 60.7 Å². The number of fused-ring (bicyclic) bond motifs is 1. The highest BCUT2D eigenvalue weighted by Crippen LogP contribution is 2.41. The molecule has 5 aromatic rings. The largest absolute Gasteiger partial charge is 0.481 e. The van der Waals surface area contributed by atoms with Crippen molar-refractivity contribution in [3.63, 3.8) is 0 Å². The summed E-state index contributed by atoms with van der Waals surface area (Å²) in [6.45, 7) is 11.2. The number of aromatic nitrogens is 3. The van der Waals surface area contributed by atoms with Gasteiger partial charge in [-0.3, -0.25) is 4.79 Å². The van der Waals surface area contributed by atoms with E-state index < -0.39 is 11.6 Å². The normalized spacial score (nSPS) is 11.4. The van der Waals surface area contributed by atoms with Gasteiger partial charge >= 0.3 is 5.97 Å². The number of carbonyl (C=O) groups is 1. The predicted octanol–water partition coefficient (Wildman–Crippen LogP) is 7.80. The van der Waals surface area contributed by atoms with Gasteiger partial charge in [0.15, 0.2) is 0 Å². The third kappa shape index (κ3) is 6.92. The fourth-order valence-electron chi connectivity index (χ4n) is 4.32. The maximum atomic E-state index is 11.7. The number of carboxylic acids is 1. The quantitative estimate of drug-likeness (QED) is 0.228. The van der Waals surface area contributed by atoms with Crippen molar-refractivity contribution in [1.82, 2.24) is 14.8 Å². The van der Waals surface area contributed by atoms with Crippen LogP contribution in [-0.2, 0) is 11.2 Å². The Morgan fingerprint density at radius 2 is 1.67 bits per heavy atom. The first-order chi connectivity index (χ1) is 18.3. The molecule has 0 atom stereocenters. The van der Waals surface area contributed by atoms with E-state index in [9.17, 15) is 9.90 Å². The van der Waals surface area contributed by atoms with Crippen LogP contribution >= 0.6 is 22.9 Å². The van der Waals surface area contributed by atoms with Crippen LogP contribution in [0.4, 0.5) is 0 Å². The van der Waals surface area contributed by atoms with Crippen molar-refractivity contribution in [3.05, 3.63) is 88.2 Å². The molecular weight excluding hydrogens is 530 g/mol. The van der Waals surface area contributed by atoms with Crippen LogP contribution in [0.3, 0.4) is 0 Å². The van der Waals surface area contributed by atoms with Gasteiger partial charge in [0.1, 0.15) is 5.01 Å². The standard InChI is InChI=1S/C27H22ClN3O2S.C4H10O/c1-15-11-23-26(25(22(15)14-24(32)33)18-7-9-20(28)10-8-18)34-27(29-23)19-5-4-6-21(13-19)31-17(3)12-16(2)30-31;1-4(2,3)5/h4-13H,14H2,1-3H3,(H,32,33);5H,1-3H3. The smallest absolute Gasteiger partial charge is 0.307 e. The summed E-state index contributed by atoms with van der Waals surface area (Å²) in [4.78, 5) is 16.6. The fourth-order valence-corrected chi connectivity index (χ4v) is 5.58. The molecule has 0 amide bonds. The second kappa shape index (κ2) is 11.3. The van der Waals surface area contributed by atoms with Gasteiger partial charge in [0.05, 0.1) is 33.6 Å². The van der Waals surface area contributed by atoms with Crippen LogP contribution in [0.2, 0.25) is 5.02 Å². The van der Waals surface area contributed by atoms with Gasteiger partial charge in [0.25, 0.3) is 0 Å². The van der Waals surface area contributed by atoms with E-state index in [0.29, 0.717) is 5.02 Å². The number of aryl methyl sites for hydroxylation is 3. The van der Waals surface area contributed by atoms with Crippen molar-refractivity contribution in [2.75, 3.05) is 0 Å². The van der Waals surface area contributed by atoms with Crippen LogP contribution in [-0.4, -0.2) is 36.5 Å². The highest BCUT2D eigenvalue weighted by atomic mass is 35.5. The summed E-state index contributed by atoms with van der Waals surface area (Å²) in [5.74, 6) is -0.861. The van der Waals surface area contributed by atoms with E-state index in [2.05, 4.69) is 17.2 Å². The second-order valence-corrected chi connectivity index (χ2v) is 12.0. The van der Waals surface area contributed by atoms with Crippen molar-refractivity contribution < 1.29 is 15.0 Å². The van der Waals surface area contributed by atoms with Crippen molar-refractivity contribution in [2.24, 2.45) is 0 Å². The Morgan fingerprint density at radius 3 is 2.26 bits per heavy atom. The van der Waals surface area contributed by atoms with Gasteiger partial charge in [-0.05, 0) is 94.6 Å². The third-order valence-electron chi connectivity index (χ3n) is 5.82. The van der Waals surface area contributed by atoms with E-state index >= 15 is 0 Å². The van der Waals surface area contributed by atoms with E-state index in [1.165, 1.54) is 0 Å². The molecule has 0 aliphatic carbocycles. The lowest BCUT2D eigenvalue weighted by Gasteiger charge is -2.13. The molecule has 8 heteroatoms. The molecule has 39 heavy (non-hydrogen) atoms. The molecule has 2 aromatic heterocycles. The average molecular weight is 562 g/mol. The number of carboxylic acid groups (broad SMARTS) is 1. The van der Waals surface area contributed by atoms with Crippen LogP contribution in [0, 0.1) is 20.8 Å². The van der Waals surface area contributed by atoms with Crippen molar-refractivity contribution >= 4 is 39.1 Å².